The van der Waals surface area contributed by atoms with Crippen molar-refractivity contribution >= 4 is 23.9 Å². The summed E-state index contributed by atoms with van der Waals surface area (Å²) < 4.78 is 0. The van der Waals surface area contributed by atoms with Crippen molar-refractivity contribution in [1.29, 1.82) is 0 Å². The first-order valence-electron chi connectivity index (χ1n) is 7.04. The van der Waals surface area contributed by atoms with Crippen LogP contribution in [-0.2, 0) is 19.2 Å². The molecule has 1 rings (SSSR count). The molecule has 0 amide bonds. The second kappa shape index (κ2) is 7.24. The van der Waals surface area contributed by atoms with Crippen molar-refractivity contribution in [2.75, 3.05) is 0 Å². The summed E-state index contributed by atoms with van der Waals surface area (Å²) in [6.45, 7) is 1.90. The van der Waals surface area contributed by atoms with Crippen molar-refractivity contribution in [1.82, 2.24) is 0 Å². The van der Waals surface area contributed by atoms with Gasteiger partial charge in [-0.25, -0.2) is 0 Å². The molecular formula is C14H20O8. The van der Waals surface area contributed by atoms with Gasteiger partial charge >= 0.3 is 23.9 Å². The van der Waals surface area contributed by atoms with Crippen LogP contribution in [0.25, 0.3) is 0 Å². The average Bonchev–Trinajstić information content (AvgIpc) is 2.71. The van der Waals surface area contributed by atoms with E-state index >= 15 is 0 Å². The van der Waals surface area contributed by atoms with Gasteiger partial charge in [-0.1, -0.05) is 6.92 Å². The lowest BCUT2D eigenvalue weighted by Gasteiger charge is -2.22. The van der Waals surface area contributed by atoms with E-state index in [9.17, 15) is 19.2 Å². The van der Waals surface area contributed by atoms with Crippen LogP contribution in [0.2, 0.25) is 0 Å². The highest BCUT2D eigenvalue weighted by atomic mass is 16.4. The van der Waals surface area contributed by atoms with Crippen molar-refractivity contribution in [2.24, 2.45) is 29.6 Å². The number of carboxylic acids is 4. The highest BCUT2D eigenvalue weighted by molar-refractivity contribution is 5.93. The predicted octanol–water partition coefficient (Wildman–Crippen LogP) is 1.000. The zero-order chi connectivity index (χ0) is 17.0. The Hall–Kier alpha value is -2.12. The molecule has 0 aromatic carbocycles. The van der Waals surface area contributed by atoms with Crippen LogP contribution in [0.4, 0.5) is 0 Å². The standard InChI is InChI=1S/C14H20O8/c1-6-2-7(4-9(11(15)16)12(17)18)8(3-6)5-10(13(19)20)14(21)22/h6-10H,2-5H2,1H3,(H,15,16)(H,17,18)(H,19,20)(H,21,22). The number of aliphatic carboxylic acids is 4. The molecule has 1 aliphatic carbocycles. The van der Waals surface area contributed by atoms with E-state index in [1.807, 2.05) is 6.92 Å². The maximum absolute atomic E-state index is 11.0. The molecule has 8 nitrogen and oxygen atoms in total. The number of rotatable bonds is 8. The molecule has 0 aromatic heterocycles. The molecule has 0 spiro atoms. The predicted molar refractivity (Wildman–Crippen MR) is 72.1 cm³/mol. The van der Waals surface area contributed by atoms with Gasteiger partial charge in [-0.15, -0.1) is 0 Å². The van der Waals surface area contributed by atoms with Crippen LogP contribution in [0.1, 0.15) is 32.6 Å². The van der Waals surface area contributed by atoms with Crippen LogP contribution in [0, 0.1) is 29.6 Å². The molecule has 0 saturated heterocycles. The van der Waals surface area contributed by atoms with E-state index in [2.05, 4.69) is 0 Å². The van der Waals surface area contributed by atoms with E-state index in [-0.39, 0.29) is 30.6 Å². The maximum atomic E-state index is 11.0. The average molecular weight is 316 g/mol. The van der Waals surface area contributed by atoms with E-state index in [0.717, 1.165) is 0 Å². The van der Waals surface area contributed by atoms with Gasteiger partial charge in [0.25, 0.3) is 0 Å². The van der Waals surface area contributed by atoms with Gasteiger partial charge in [-0.2, -0.15) is 0 Å². The van der Waals surface area contributed by atoms with Gasteiger partial charge < -0.3 is 20.4 Å². The summed E-state index contributed by atoms with van der Waals surface area (Å²) in [7, 11) is 0. The van der Waals surface area contributed by atoms with E-state index in [1.54, 1.807) is 0 Å². The normalized spacial score (nSPS) is 24.6. The Bertz CT molecular complexity index is 401. The highest BCUT2D eigenvalue weighted by Crippen LogP contribution is 2.43. The van der Waals surface area contributed by atoms with Gasteiger partial charge in [-0.3, -0.25) is 19.2 Å². The van der Waals surface area contributed by atoms with Crippen LogP contribution < -0.4 is 0 Å². The second-order valence-corrected chi connectivity index (χ2v) is 6.03. The molecule has 1 aliphatic rings. The van der Waals surface area contributed by atoms with E-state index in [1.165, 1.54) is 0 Å². The largest absolute Gasteiger partial charge is 0.481 e. The van der Waals surface area contributed by atoms with Gasteiger partial charge in [0.05, 0.1) is 0 Å². The minimum absolute atomic E-state index is 0.106. The van der Waals surface area contributed by atoms with Crippen LogP contribution in [0.5, 0.6) is 0 Å². The van der Waals surface area contributed by atoms with Crippen molar-refractivity contribution in [3.05, 3.63) is 0 Å². The van der Waals surface area contributed by atoms with Gasteiger partial charge in [0, 0.05) is 0 Å². The Labute approximate surface area is 126 Å². The van der Waals surface area contributed by atoms with Crippen molar-refractivity contribution in [3.63, 3.8) is 0 Å². The lowest BCUT2D eigenvalue weighted by Crippen LogP contribution is -2.30. The number of hydrogen-bond donors (Lipinski definition) is 4. The third kappa shape index (κ3) is 4.44. The Morgan fingerprint density at radius 3 is 1.27 bits per heavy atom. The molecule has 2 unspecified atom stereocenters. The van der Waals surface area contributed by atoms with Crippen LogP contribution >= 0.6 is 0 Å². The second-order valence-electron chi connectivity index (χ2n) is 6.03. The first-order chi connectivity index (χ1) is 10.1. The summed E-state index contributed by atoms with van der Waals surface area (Å²) in [5.41, 5.74) is 0. The summed E-state index contributed by atoms with van der Waals surface area (Å²) in [5.74, 6) is -9.24. The third-order valence-corrected chi connectivity index (χ3v) is 4.35. The van der Waals surface area contributed by atoms with E-state index in [0.29, 0.717) is 12.8 Å². The first kappa shape index (κ1) is 17.9. The van der Waals surface area contributed by atoms with Gasteiger partial charge in [0.2, 0.25) is 0 Å². The molecule has 4 N–H and O–H groups in total. The fourth-order valence-corrected chi connectivity index (χ4v) is 3.31. The summed E-state index contributed by atoms with van der Waals surface area (Å²) in [5, 5.41) is 35.8. The van der Waals surface area contributed by atoms with Crippen molar-refractivity contribution in [3.8, 4) is 0 Å². The molecule has 1 fully saturated rings. The molecule has 0 aromatic rings. The van der Waals surface area contributed by atoms with E-state index < -0.39 is 35.7 Å². The fraction of sp³-hybridized carbons (Fsp3) is 0.714. The summed E-state index contributed by atoms with van der Waals surface area (Å²) in [6, 6.07) is 0. The molecule has 124 valence electrons. The number of carbonyl (C=O) groups is 4. The minimum atomic E-state index is -1.55. The molecule has 0 heterocycles. The molecule has 0 aliphatic heterocycles. The lowest BCUT2D eigenvalue weighted by molar-refractivity contribution is -0.158. The van der Waals surface area contributed by atoms with Crippen molar-refractivity contribution in [2.45, 2.75) is 32.6 Å². The third-order valence-electron chi connectivity index (χ3n) is 4.35. The minimum Gasteiger partial charge on any atom is -0.481 e. The Morgan fingerprint density at radius 2 is 1.05 bits per heavy atom. The molecule has 0 bridgehead atoms. The van der Waals surface area contributed by atoms with Gasteiger partial charge in [0.15, 0.2) is 11.8 Å². The molecule has 1 saturated carbocycles. The number of carboxylic acid groups (broad SMARTS) is 4. The topological polar surface area (TPSA) is 149 Å². The first-order valence-corrected chi connectivity index (χ1v) is 7.04. The molecule has 2 atom stereocenters. The zero-order valence-corrected chi connectivity index (χ0v) is 12.1. The lowest BCUT2D eigenvalue weighted by atomic mass is 9.81. The molecule has 8 heteroatoms. The van der Waals surface area contributed by atoms with Crippen LogP contribution in [0.3, 0.4) is 0 Å². The van der Waals surface area contributed by atoms with Crippen LogP contribution in [0.15, 0.2) is 0 Å². The monoisotopic (exact) mass is 316 g/mol. The fourth-order valence-electron chi connectivity index (χ4n) is 3.31. The summed E-state index contributed by atoms with van der Waals surface area (Å²) in [6.07, 6.45) is 0.943. The maximum Gasteiger partial charge on any atom is 0.317 e. The number of hydrogen-bond acceptors (Lipinski definition) is 4. The van der Waals surface area contributed by atoms with Gasteiger partial charge in [-0.05, 0) is 43.4 Å². The smallest absolute Gasteiger partial charge is 0.317 e. The zero-order valence-electron chi connectivity index (χ0n) is 12.1. The summed E-state index contributed by atoms with van der Waals surface area (Å²) >= 11 is 0. The summed E-state index contributed by atoms with van der Waals surface area (Å²) in [4.78, 5) is 43.9. The van der Waals surface area contributed by atoms with Gasteiger partial charge in [0.1, 0.15) is 0 Å². The van der Waals surface area contributed by atoms with Crippen LogP contribution in [-0.4, -0.2) is 44.3 Å². The van der Waals surface area contributed by atoms with E-state index in [4.69, 9.17) is 20.4 Å². The Morgan fingerprint density at radius 1 is 0.773 bits per heavy atom. The highest BCUT2D eigenvalue weighted by Gasteiger charge is 2.40. The molecule has 22 heavy (non-hydrogen) atoms. The quantitative estimate of drug-likeness (QED) is 0.484. The molecule has 0 radical (unpaired) electrons. The Kier molecular flexibility index (Phi) is 5.90. The molecular weight excluding hydrogens is 296 g/mol. The SMILES string of the molecule is CC1CC(CC(C(=O)O)C(=O)O)C(CC(C(=O)O)C(=O)O)C1. The Balaban J connectivity index is 2.84. The van der Waals surface area contributed by atoms with Crippen molar-refractivity contribution < 1.29 is 39.6 Å².